The van der Waals surface area contributed by atoms with Gasteiger partial charge in [-0.3, -0.25) is 9.59 Å². The van der Waals surface area contributed by atoms with E-state index in [4.69, 9.17) is 0 Å². The van der Waals surface area contributed by atoms with Crippen LogP contribution in [0.1, 0.15) is 47.0 Å². The first-order chi connectivity index (χ1) is 8.62. The van der Waals surface area contributed by atoms with E-state index in [0.717, 1.165) is 0 Å². The molecule has 110 valence electrons. The Kier molecular flexibility index (Phi) is 4.96. The molecule has 1 heterocycles. The number of nitrogens with zero attached hydrogens (tertiary/aromatic N) is 1. The Labute approximate surface area is 115 Å². The third kappa shape index (κ3) is 5.19. The summed E-state index contributed by atoms with van der Waals surface area (Å²) in [6.07, 6.45) is 1.56. The minimum Gasteiger partial charge on any atom is -0.390 e. The molecule has 2 N–H and O–H groups in total. The number of piperidine rings is 1. The van der Waals surface area contributed by atoms with Gasteiger partial charge in [-0.25, -0.2) is 0 Å². The number of hydrogen-bond donors (Lipinski definition) is 2. The topological polar surface area (TPSA) is 69.6 Å². The SMILES string of the molecule is CC1(O)CCN(C(=O)CCNC(=O)C(C)(C)C)CC1. The predicted octanol–water partition coefficient (Wildman–Crippen LogP) is 0.912. The molecule has 1 aliphatic rings. The van der Waals surface area contributed by atoms with Crippen molar-refractivity contribution >= 4 is 11.8 Å². The van der Waals surface area contributed by atoms with Crippen LogP contribution in [0.25, 0.3) is 0 Å². The lowest BCUT2D eigenvalue weighted by atomic mass is 9.93. The fourth-order valence-electron chi connectivity index (χ4n) is 1.94. The van der Waals surface area contributed by atoms with Gasteiger partial charge in [0.2, 0.25) is 11.8 Å². The van der Waals surface area contributed by atoms with E-state index in [0.29, 0.717) is 38.9 Å². The van der Waals surface area contributed by atoms with Crippen molar-refractivity contribution in [1.29, 1.82) is 0 Å². The van der Waals surface area contributed by atoms with E-state index < -0.39 is 11.0 Å². The molecule has 0 unspecified atom stereocenters. The summed E-state index contributed by atoms with van der Waals surface area (Å²) in [6, 6.07) is 0. The van der Waals surface area contributed by atoms with Gasteiger partial charge < -0.3 is 15.3 Å². The van der Waals surface area contributed by atoms with Crippen LogP contribution in [0.5, 0.6) is 0 Å². The van der Waals surface area contributed by atoms with E-state index in [1.807, 2.05) is 20.8 Å². The number of carbonyl (C=O) groups is 2. The molecule has 0 aromatic rings. The Morgan fingerprint density at radius 1 is 1.26 bits per heavy atom. The normalized spacial score (nSPS) is 19.1. The number of rotatable bonds is 3. The van der Waals surface area contributed by atoms with Crippen molar-refractivity contribution in [1.82, 2.24) is 10.2 Å². The number of hydrogen-bond acceptors (Lipinski definition) is 3. The molecule has 19 heavy (non-hydrogen) atoms. The van der Waals surface area contributed by atoms with Gasteiger partial charge in [0.1, 0.15) is 0 Å². The van der Waals surface area contributed by atoms with E-state index in [2.05, 4.69) is 5.32 Å². The molecule has 2 amide bonds. The van der Waals surface area contributed by atoms with E-state index in [9.17, 15) is 14.7 Å². The Morgan fingerprint density at radius 3 is 2.26 bits per heavy atom. The van der Waals surface area contributed by atoms with Crippen molar-refractivity contribution in [3.8, 4) is 0 Å². The zero-order chi connectivity index (χ0) is 14.7. The fourth-order valence-corrected chi connectivity index (χ4v) is 1.94. The lowest BCUT2D eigenvalue weighted by Crippen LogP contribution is -2.46. The Bertz CT molecular complexity index is 335. The highest BCUT2D eigenvalue weighted by Crippen LogP contribution is 2.21. The predicted molar refractivity (Wildman–Crippen MR) is 73.5 cm³/mol. The summed E-state index contributed by atoms with van der Waals surface area (Å²) in [5.74, 6) is 0.00610. The summed E-state index contributed by atoms with van der Waals surface area (Å²) >= 11 is 0. The molecule has 0 saturated carbocycles. The smallest absolute Gasteiger partial charge is 0.225 e. The maximum atomic E-state index is 11.9. The van der Waals surface area contributed by atoms with Crippen LogP contribution in [0.4, 0.5) is 0 Å². The summed E-state index contributed by atoms with van der Waals surface area (Å²) in [5, 5.41) is 12.6. The summed E-state index contributed by atoms with van der Waals surface area (Å²) in [7, 11) is 0. The number of carbonyl (C=O) groups excluding carboxylic acids is 2. The lowest BCUT2D eigenvalue weighted by Gasteiger charge is -2.35. The number of amides is 2. The van der Waals surface area contributed by atoms with E-state index in [1.165, 1.54) is 0 Å². The van der Waals surface area contributed by atoms with Crippen molar-refractivity contribution < 1.29 is 14.7 Å². The van der Waals surface area contributed by atoms with Gasteiger partial charge in [-0.1, -0.05) is 20.8 Å². The van der Waals surface area contributed by atoms with E-state index in [1.54, 1.807) is 11.8 Å². The molecular formula is C14H26N2O3. The number of likely N-dealkylation sites (tertiary alicyclic amines) is 1. The van der Waals surface area contributed by atoms with Crippen molar-refractivity contribution in [3.63, 3.8) is 0 Å². The monoisotopic (exact) mass is 270 g/mol. The second-order valence-corrected chi connectivity index (χ2v) is 6.63. The Hall–Kier alpha value is -1.10. The highest BCUT2D eigenvalue weighted by atomic mass is 16.3. The summed E-state index contributed by atoms with van der Waals surface area (Å²) in [5.41, 5.74) is -1.07. The maximum absolute atomic E-state index is 11.9. The molecule has 1 saturated heterocycles. The molecule has 1 aliphatic heterocycles. The lowest BCUT2D eigenvalue weighted by molar-refractivity contribution is -0.135. The van der Waals surface area contributed by atoms with Crippen molar-refractivity contribution in [2.45, 2.75) is 52.6 Å². The van der Waals surface area contributed by atoms with Crippen LogP contribution in [0.15, 0.2) is 0 Å². The quantitative estimate of drug-likeness (QED) is 0.801. The molecule has 0 radical (unpaired) electrons. The highest BCUT2D eigenvalue weighted by molar-refractivity contribution is 5.82. The Morgan fingerprint density at radius 2 is 1.79 bits per heavy atom. The molecular weight excluding hydrogens is 244 g/mol. The van der Waals surface area contributed by atoms with Crippen LogP contribution in [0.2, 0.25) is 0 Å². The van der Waals surface area contributed by atoms with Gasteiger partial charge in [-0.2, -0.15) is 0 Å². The molecule has 0 bridgehead atoms. The van der Waals surface area contributed by atoms with Crippen LogP contribution in [0.3, 0.4) is 0 Å². The number of nitrogens with one attached hydrogen (secondary N) is 1. The zero-order valence-corrected chi connectivity index (χ0v) is 12.5. The van der Waals surface area contributed by atoms with Crippen LogP contribution in [-0.2, 0) is 9.59 Å². The summed E-state index contributed by atoms with van der Waals surface area (Å²) < 4.78 is 0. The third-order valence-corrected chi connectivity index (χ3v) is 3.50. The minimum atomic E-state index is -0.642. The third-order valence-electron chi connectivity index (χ3n) is 3.50. The van der Waals surface area contributed by atoms with Crippen LogP contribution in [0, 0.1) is 5.41 Å². The minimum absolute atomic E-state index is 0.0399. The van der Waals surface area contributed by atoms with Gasteiger partial charge in [-0.15, -0.1) is 0 Å². The highest BCUT2D eigenvalue weighted by Gasteiger charge is 2.29. The van der Waals surface area contributed by atoms with Gasteiger partial charge in [0.05, 0.1) is 5.60 Å². The fraction of sp³-hybridized carbons (Fsp3) is 0.857. The number of aliphatic hydroxyl groups is 1. The first-order valence-corrected chi connectivity index (χ1v) is 6.90. The zero-order valence-electron chi connectivity index (χ0n) is 12.5. The maximum Gasteiger partial charge on any atom is 0.225 e. The van der Waals surface area contributed by atoms with Gasteiger partial charge in [-0.05, 0) is 19.8 Å². The average Bonchev–Trinajstić information content (AvgIpc) is 2.27. The van der Waals surface area contributed by atoms with Crippen LogP contribution in [-0.4, -0.2) is 47.1 Å². The molecule has 5 nitrogen and oxygen atoms in total. The second kappa shape index (κ2) is 5.90. The molecule has 5 heteroatoms. The van der Waals surface area contributed by atoms with Crippen molar-refractivity contribution in [3.05, 3.63) is 0 Å². The van der Waals surface area contributed by atoms with E-state index in [-0.39, 0.29) is 11.8 Å². The standard InChI is InChI=1S/C14H26N2O3/c1-13(2,3)12(18)15-8-5-11(17)16-9-6-14(4,19)7-10-16/h19H,5-10H2,1-4H3,(H,15,18). The molecule has 0 atom stereocenters. The summed E-state index contributed by atoms with van der Waals surface area (Å²) in [6.45, 7) is 8.91. The molecule has 0 aromatic heterocycles. The average molecular weight is 270 g/mol. The first-order valence-electron chi connectivity index (χ1n) is 6.90. The second-order valence-electron chi connectivity index (χ2n) is 6.63. The van der Waals surface area contributed by atoms with E-state index >= 15 is 0 Å². The van der Waals surface area contributed by atoms with Crippen molar-refractivity contribution in [2.24, 2.45) is 5.41 Å². The van der Waals surface area contributed by atoms with Gasteiger partial charge >= 0.3 is 0 Å². The Balaban J connectivity index is 2.28. The molecule has 1 rings (SSSR count). The van der Waals surface area contributed by atoms with Gasteiger partial charge in [0.25, 0.3) is 0 Å². The summed E-state index contributed by atoms with van der Waals surface area (Å²) in [4.78, 5) is 25.3. The molecule has 0 spiro atoms. The molecule has 0 aromatic carbocycles. The molecule has 0 aliphatic carbocycles. The van der Waals surface area contributed by atoms with Crippen molar-refractivity contribution in [2.75, 3.05) is 19.6 Å². The largest absolute Gasteiger partial charge is 0.390 e. The van der Waals surface area contributed by atoms with Gasteiger partial charge in [0, 0.05) is 31.5 Å². The molecule has 1 fully saturated rings. The first kappa shape index (κ1) is 16.0. The van der Waals surface area contributed by atoms with Crippen LogP contribution >= 0.6 is 0 Å². The van der Waals surface area contributed by atoms with Crippen LogP contribution < -0.4 is 5.32 Å². The van der Waals surface area contributed by atoms with Gasteiger partial charge in [0.15, 0.2) is 0 Å².